The number of rotatable bonds is 5. The quantitative estimate of drug-likeness (QED) is 0.629. The van der Waals surface area contributed by atoms with E-state index in [1.807, 2.05) is 48.3 Å². The molecule has 1 aromatic heterocycles. The minimum atomic E-state index is -0.750. The minimum absolute atomic E-state index is 0.0824. The number of ether oxygens (including phenoxy) is 1. The number of aliphatic hydroxyl groups excluding tert-OH is 1. The van der Waals surface area contributed by atoms with Crippen LogP contribution in [-0.2, 0) is 11.6 Å². The second-order valence-corrected chi connectivity index (χ2v) is 6.85. The van der Waals surface area contributed by atoms with Crippen molar-refractivity contribution in [2.75, 3.05) is 32.2 Å². The minimum Gasteiger partial charge on any atom is -0.495 e. The van der Waals surface area contributed by atoms with Gasteiger partial charge < -0.3 is 19.2 Å². The van der Waals surface area contributed by atoms with Crippen LogP contribution in [0.1, 0.15) is 5.56 Å². The zero-order valence-corrected chi connectivity index (χ0v) is 17.6. The van der Waals surface area contributed by atoms with Gasteiger partial charge in [-0.1, -0.05) is 28.1 Å². The summed E-state index contributed by atoms with van der Waals surface area (Å²) in [6, 6.07) is 12.0. The number of anilines is 1. The molecule has 0 amide bonds. The number of benzene rings is 2. The highest BCUT2D eigenvalue weighted by Crippen LogP contribution is 2.39. The molecule has 0 atom stereocenters. The van der Waals surface area contributed by atoms with Gasteiger partial charge in [-0.3, -0.25) is 0 Å². The molecule has 0 spiro atoms. The molecule has 0 radical (unpaired) electrons. The normalized spacial score (nSPS) is 10.3. The van der Waals surface area contributed by atoms with Crippen LogP contribution in [0.5, 0.6) is 5.75 Å². The first kappa shape index (κ1) is 21.1. The summed E-state index contributed by atoms with van der Waals surface area (Å²) in [6.07, 6.45) is 0. The third-order valence-electron chi connectivity index (χ3n) is 4.19. The Morgan fingerprint density at radius 3 is 2.41 bits per heavy atom. The van der Waals surface area contributed by atoms with Crippen molar-refractivity contribution in [2.45, 2.75) is 6.92 Å². The van der Waals surface area contributed by atoms with E-state index in [0.717, 1.165) is 43.8 Å². The van der Waals surface area contributed by atoms with Gasteiger partial charge in [-0.25, -0.2) is 0 Å². The van der Waals surface area contributed by atoms with Crippen molar-refractivity contribution in [3.63, 3.8) is 0 Å². The molecule has 0 saturated heterocycles. The van der Waals surface area contributed by atoms with E-state index in [9.17, 15) is 5.11 Å². The van der Waals surface area contributed by atoms with E-state index in [4.69, 9.17) is 17.6 Å². The van der Waals surface area contributed by atoms with Gasteiger partial charge >= 0.3 is 11.6 Å². The number of likely N-dealkylation sites (N-methyl/N-ethyl adjacent to an activating group) is 1. The monoisotopic (exact) mass is 453 g/mol. The van der Waals surface area contributed by atoms with Gasteiger partial charge in [0, 0.05) is 40.6 Å². The van der Waals surface area contributed by atoms with E-state index in [0.29, 0.717) is 6.54 Å². The molecular formula is C19H20BrNO5S. The van der Waals surface area contributed by atoms with E-state index in [2.05, 4.69) is 22.9 Å². The standard InChI is InChI=1S/C19H20BrNO3.O2S/c1-12-15-10-18(23-3)16(21(2)8-9-22)11-17(15)24-19(12)13-4-6-14(20)7-5-13;1-3-2/h4-7,10-11,22H,8-9H2,1-3H3;. The summed E-state index contributed by atoms with van der Waals surface area (Å²) in [4.78, 5) is 1.95. The van der Waals surface area contributed by atoms with E-state index in [-0.39, 0.29) is 6.61 Å². The Morgan fingerprint density at radius 2 is 1.85 bits per heavy atom. The molecule has 0 bridgehead atoms. The maximum atomic E-state index is 9.18. The molecule has 2 aromatic carbocycles. The average molecular weight is 454 g/mol. The van der Waals surface area contributed by atoms with Gasteiger partial charge in [-0.05, 0) is 25.1 Å². The molecule has 1 heterocycles. The van der Waals surface area contributed by atoms with Crippen LogP contribution in [0.2, 0.25) is 0 Å². The van der Waals surface area contributed by atoms with Crippen LogP contribution in [0.3, 0.4) is 0 Å². The summed E-state index contributed by atoms with van der Waals surface area (Å²) in [5.41, 5.74) is 3.83. The van der Waals surface area contributed by atoms with Crippen LogP contribution in [-0.4, -0.2) is 40.8 Å². The topological polar surface area (TPSA) is 80.0 Å². The number of methoxy groups -OCH3 is 1. The number of hydrogen-bond acceptors (Lipinski definition) is 6. The van der Waals surface area contributed by atoms with Crippen LogP contribution in [0.25, 0.3) is 22.3 Å². The summed E-state index contributed by atoms with van der Waals surface area (Å²) in [6.45, 7) is 2.67. The lowest BCUT2D eigenvalue weighted by molar-refractivity contribution is 0.303. The highest BCUT2D eigenvalue weighted by atomic mass is 79.9. The van der Waals surface area contributed by atoms with Crippen molar-refractivity contribution in [3.8, 4) is 17.1 Å². The Morgan fingerprint density at radius 1 is 1.22 bits per heavy atom. The summed E-state index contributed by atoms with van der Waals surface area (Å²) in [5, 5.41) is 10.2. The first-order valence-electron chi connectivity index (χ1n) is 8.07. The van der Waals surface area contributed by atoms with Gasteiger partial charge in [-0.15, -0.1) is 0 Å². The highest BCUT2D eigenvalue weighted by Gasteiger charge is 2.17. The van der Waals surface area contributed by atoms with Crippen molar-refractivity contribution < 1.29 is 22.7 Å². The molecule has 27 heavy (non-hydrogen) atoms. The van der Waals surface area contributed by atoms with Crippen LogP contribution in [0.4, 0.5) is 5.69 Å². The summed E-state index contributed by atoms with van der Waals surface area (Å²) >= 11 is 2.71. The van der Waals surface area contributed by atoms with Gasteiger partial charge in [0.25, 0.3) is 0 Å². The third kappa shape index (κ3) is 4.77. The lowest BCUT2D eigenvalue weighted by Gasteiger charge is -2.20. The molecule has 0 fully saturated rings. The fourth-order valence-electron chi connectivity index (χ4n) is 2.84. The number of aliphatic hydroxyl groups is 1. The maximum absolute atomic E-state index is 9.18. The van der Waals surface area contributed by atoms with Crippen LogP contribution < -0.4 is 9.64 Å². The van der Waals surface area contributed by atoms with Crippen molar-refractivity contribution in [2.24, 2.45) is 0 Å². The molecule has 0 aliphatic carbocycles. The first-order valence-corrected chi connectivity index (χ1v) is 9.53. The van der Waals surface area contributed by atoms with Gasteiger partial charge in [0.15, 0.2) is 0 Å². The van der Waals surface area contributed by atoms with Crippen molar-refractivity contribution in [1.29, 1.82) is 0 Å². The number of hydrogen-bond donors (Lipinski definition) is 1. The fraction of sp³-hybridized carbons (Fsp3) is 0.263. The summed E-state index contributed by atoms with van der Waals surface area (Å²) in [5.74, 6) is 1.63. The summed E-state index contributed by atoms with van der Waals surface area (Å²) in [7, 11) is 3.58. The molecular weight excluding hydrogens is 434 g/mol. The van der Waals surface area contributed by atoms with E-state index in [1.54, 1.807) is 7.11 Å². The molecule has 0 unspecified atom stereocenters. The largest absolute Gasteiger partial charge is 0.495 e. The van der Waals surface area contributed by atoms with Gasteiger partial charge in [0.05, 0.1) is 19.4 Å². The SMILES string of the molecule is COc1cc2c(C)c(-c3ccc(Br)cc3)oc2cc1N(C)CCO.O=S=O. The fourth-order valence-corrected chi connectivity index (χ4v) is 3.11. The van der Waals surface area contributed by atoms with Gasteiger partial charge in [0.2, 0.25) is 0 Å². The Labute approximate surface area is 169 Å². The van der Waals surface area contributed by atoms with E-state index < -0.39 is 11.6 Å². The maximum Gasteiger partial charge on any atom is 0.335 e. The molecule has 0 aliphatic heterocycles. The molecule has 3 rings (SSSR count). The first-order chi connectivity index (χ1) is 13.0. The Bertz CT molecular complexity index is 949. The highest BCUT2D eigenvalue weighted by molar-refractivity contribution is 9.10. The molecule has 0 saturated carbocycles. The average Bonchev–Trinajstić information content (AvgIpc) is 2.98. The smallest absolute Gasteiger partial charge is 0.335 e. The van der Waals surface area contributed by atoms with Crippen LogP contribution in [0, 0.1) is 6.92 Å². The zero-order chi connectivity index (χ0) is 20.0. The van der Waals surface area contributed by atoms with Gasteiger partial charge in [0.1, 0.15) is 17.1 Å². The van der Waals surface area contributed by atoms with E-state index in [1.165, 1.54) is 0 Å². The van der Waals surface area contributed by atoms with Crippen molar-refractivity contribution in [1.82, 2.24) is 0 Å². The third-order valence-corrected chi connectivity index (χ3v) is 4.72. The molecule has 3 aromatic rings. The lowest BCUT2D eigenvalue weighted by Crippen LogP contribution is -2.21. The van der Waals surface area contributed by atoms with Gasteiger partial charge in [-0.2, -0.15) is 8.42 Å². The number of fused-ring (bicyclic) bond motifs is 1. The summed E-state index contributed by atoms with van der Waals surface area (Å²) < 4.78 is 29.3. The second kappa shape index (κ2) is 9.68. The van der Waals surface area contributed by atoms with Crippen LogP contribution >= 0.6 is 15.9 Å². The van der Waals surface area contributed by atoms with Crippen molar-refractivity contribution >= 4 is 44.2 Å². The van der Waals surface area contributed by atoms with Crippen molar-refractivity contribution in [3.05, 3.63) is 46.4 Å². The number of aryl methyl sites for hydroxylation is 1. The molecule has 8 heteroatoms. The Hall–Kier alpha value is -2.16. The number of furan rings is 1. The molecule has 1 N–H and O–H groups in total. The Kier molecular flexibility index (Phi) is 7.58. The predicted molar refractivity (Wildman–Crippen MR) is 110 cm³/mol. The zero-order valence-electron chi connectivity index (χ0n) is 15.2. The molecule has 0 aliphatic rings. The number of nitrogens with zero attached hydrogens (tertiary/aromatic N) is 1. The van der Waals surface area contributed by atoms with Crippen LogP contribution in [0.15, 0.2) is 45.3 Å². The lowest BCUT2D eigenvalue weighted by atomic mass is 10.1. The Balaban J connectivity index is 0.000000817. The molecule has 144 valence electrons. The number of halogens is 1. The van der Waals surface area contributed by atoms with E-state index >= 15 is 0 Å². The second-order valence-electron chi connectivity index (χ2n) is 5.80. The predicted octanol–water partition coefficient (Wildman–Crippen LogP) is 3.94. The molecule has 6 nitrogen and oxygen atoms in total.